The number of carbonyl (C=O) groups excluding carboxylic acids is 1. The van der Waals surface area contributed by atoms with Crippen molar-refractivity contribution < 1.29 is 9.53 Å². The molecule has 0 atom stereocenters. The van der Waals surface area contributed by atoms with Crippen molar-refractivity contribution in [2.24, 2.45) is 0 Å². The maximum atomic E-state index is 12.2. The summed E-state index contributed by atoms with van der Waals surface area (Å²) in [6.45, 7) is 8.95. The smallest absolute Gasteiger partial charge is 0.340 e. The first kappa shape index (κ1) is 20.3. The van der Waals surface area contributed by atoms with Crippen LogP contribution in [-0.2, 0) is 4.74 Å². The van der Waals surface area contributed by atoms with E-state index in [0.717, 1.165) is 23.7 Å². The molecule has 1 heterocycles. The van der Waals surface area contributed by atoms with Gasteiger partial charge in [0.1, 0.15) is 5.82 Å². The summed E-state index contributed by atoms with van der Waals surface area (Å²) in [7, 11) is 0. The number of carbonyl (C=O) groups is 1. The number of esters is 1. The Morgan fingerprint density at radius 2 is 1.83 bits per heavy atom. The summed E-state index contributed by atoms with van der Waals surface area (Å²) < 4.78 is 5.15. The monoisotopic (exact) mass is 390 g/mol. The molecule has 150 valence electrons. The average Bonchev–Trinajstić information content (AvgIpc) is 2.69. The molecule has 3 aromatic rings. The highest BCUT2D eigenvalue weighted by Crippen LogP contribution is 2.27. The molecule has 6 heteroatoms. The van der Waals surface area contributed by atoms with Gasteiger partial charge in [0, 0.05) is 24.0 Å². The minimum Gasteiger partial charge on any atom is -0.462 e. The predicted molar refractivity (Wildman–Crippen MR) is 116 cm³/mol. The molecular weight excluding hydrogens is 364 g/mol. The maximum absolute atomic E-state index is 12.2. The van der Waals surface area contributed by atoms with Gasteiger partial charge in [0.15, 0.2) is 0 Å². The molecule has 0 aliphatic carbocycles. The Kier molecular flexibility index (Phi) is 6.44. The Morgan fingerprint density at radius 1 is 1.03 bits per heavy atom. The molecule has 0 saturated carbocycles. The zero-order chi connectivity index (χ0) is 20.8. The number of nitrogens with one attached hydrogen (secondary N) is 1. The number of hydrogen-bond donors (Lipinski definition) is 1. The Labute approximate surface area is 171 Å². The van der Waals surface area contributed by atoms with Gasteiger partial charge < -0.3 is 15.0 Å². The fourth-order valence-electron chi connectivity index (χ4n) is 3.12. The zero-order valence-electron chi connectivity index (χ0n) is 17.3. The first-order valence-corrected chi connectivity index (χ1v) is 9.75. The number of nitrogens with zero attached hydrogens (tertiary/aromatic N) is 3. The second-order valence-electron chi connectivity index (χ2n) is 6.67. The van der Waals surface area contributed by atoms with Gasteiger partial charge in [-0.25, -0.2) is 9.78 Å². The molecule has 0 fully saturated rings. The second-order valence-corrected chi connectivity index (χ2v) is 6.67. The molecule has 0 aliphatic rings. The number of hydrogen-bond acceptors (Lipinski definition) is 6. The van der Waals surface area contributed by atoms with Crippen molar-refractivity contribution in [2.45, 2.75) is 27.7 Å². The number of aryl methyl sites for hydroxylation is 2. The minimum absolute atomic E-state index is 0.320. The van der Waals surface area contributed by atoms with Gasteiger partial charge >= 0.3 is 5.97 Å². The molecule has 0 amide bonds. The van der Waals surface area contributed by atoms with E-state index < -0.39 is 0 Å². The molecule has 1 N–H and O–H groups in total. The molecule has 2 aromatic carbocycles. The predicted octanol–water partition coefficient (Wildman–Crippen LogP) is 5.17. The molecule has 29 heavy (non-hydrogen) atoms. The standard InChI is InChI=1S/C23H26N4O2/c1-5-27(18-11-9-10-16(3)14-18)21-15-17(4)24-23(26-21)25-20-13-8-7-12-19(20)22(28)29-6-2/h7-15H,5-6H2,1-4H3,(H,24,25,26). The van der Waals surface area contributed by atoms with Crippen molar-refractivity contribution in [1.82, 2.24) is 9.97 Å². The SMILES string of the molecule is CCOC(=O)c1ccccc1Nc1nc(C)cc(N(CC)c2cccc(C)c2)n1. The van der Waals surface area contributed by atoms with E-state index in [1.165, 1.54) is 5.56 Å². The van der Waals surface area contributed by atoms with Crippen LogP contribution in [0.25, 0.3) is 0 Å². The zero-order valence-corrected chi connectivity index (χ0v) is 17.3. The summed E-state index contributed by atoms with van der Waals surface area (Å²) in [5.74, 6) is 0.850. The third-order valence-corrected chi connectivity index (χ3v) is 4.42. The van der Waals surface area contributed by atoms with Gasteiger partial charge in [-0.05, 0) is 57.5 Å². The van der Waals surface area contributed by atoms with E-state index in [1.807, 2.05) is 31.2 Å². The second kappa shape index (κ2) is 9.19. The fraction of sp³-hybridized carbons (Fsp3) is 0.261. The Morgan fingerprint density at radius 3 is 2.55 bits per heavy atom. The van der Waals surface area contributed by atoms with Crippen molar-refractivity contribution in [3.63, 3.8) is 0 Å². The molecule has 0 radical (unpaired) electrons. The van der Waals surface area contributed by atoms with E-state index >= 15 is 0 Å². The van der Waals surface area contributed by atoms with Gasteiger partial charge in [-0.3, -0.25) is 0 Å². The van der Waals surface area contributed by atoms with Crippen LogP contribution < -0.4 is 10.2 Å². The number of aromatic nitrogens is 2. The van der Waals surface area contributed by atoms with E-state index in [9.17, 15) is 4.79 Å². The van der Waals surface area contributed by atoms with Crippen LogP contribution in [0.3, 0.4) is 0 Å². The molecule has 0 unspecified atom stereocenters. The number of para-hydroxylation sites is 1. The summed E-state index contributed by atoms with van der Waals surface area (Å²) in [6, 6.07) is 17.5. The highest BCUT2D eigenvalue weighted by atomic mass is 16.5. The molecule has 0 spiro atoms. The van der Waals surface area contributed by atoms with E-state index in [1.54, 1.807) is 19.1 Å². The Hall–Kier alpha value is -3.41. The summed E-state index contributed by atoms with van der Waals surface area (Å²) in [5.41, 5.74) is 4.15. The number of anilines is 4. The van der Waals surface area contributed by atoms with Crippen molar-refractivity contribution in [3.05, 3.63) is 71.4 Å². The van der Waals surface area contributed by atoms with Crippen molar-refractivity contribution in [1.29, 1.82) is 0 Å². The molecule has 0 aliphatic heterocycles. The van der Waals surface area contributed by atoms with Gasteiger partial charge in [-0.1, -0.05) is 24.3 Å². The van der Waals surface area contributed by atoms with Crippen LogP contribution in [0.5, 0.6) is 0 Å². The van der Waals surface area contributed by atoms with E-state index in [-0.39, 0.29) is 5.97 Å². The van der Waals surface area contributed by atoms with Gasteiger partial charge in [-0.2, -0.15) is 4.98 Å². The summed E-state index contributed by atoms with van der Waals surface area (Å²) in [4.78, 5) is 23.6. The van der Waals surface area contributed by atoms with Gasteiger partial charge in [0.25, 0.3) is 0 Å². The normalized spacial score (nSPS) is 10.5. The average molecular weight is 390 g/mol. The third-order valence-electron chi connectivity index (χ3n) is 4.42. The van der Waals surface area contributed by atoms with Crippen LogP contribution in [0.2, 0.25) is 0 Å². The summed E-state index contributed by atoms with van der Waals surface area (Å²) >= 11 is 0. The van der Waals surface area contributed by atoms with E-state index in [0.29, 0.717) is 23.8 Å². The number of ether oxygens (including phenoxy) is 1. The first-order chi connectivity index (χ1) is 14.0. The summed E-state index contributed by atoms with van der Waals surface area (Å²) in [6.07, 6.45) is 0. The Bertz CT molecular complexity index is 1000. The lowest BCUT2D eigenvalue weighted by molar-refractivity contribution is 0.0527. The molecule has 0 bridgehead atoms. The van der Waals surface area contributed by atoms with Crippen molar-refractivity contribution in [2.75, 3.05) is 23.4 Å². The highest BCUT2D eigenvalue weighted by Gasteiger charge is 2.15. The van der Waals surface area contributed by atoms with Gasteiger partial charge in [0.05, 0.1) is 17.9 Å². The van der Waals surface area contributed by atoms with Gasteiger partial charge in [-0.15, -0.1) is 0 Å². The van der Waals surface area contributed by atoms with Gasteiger partial charge in [0.2, 0.25) is 5.95 Å². The largest absolute Gasteiger partial charge is 0.462 e. The molecule has 6 nitrogen and oxygen atoms in total. The first-order valence-electron chi connectivity index (χ1n) is 9.75. The topological polar surface area (TPSA) is 67.3 Å². The van der Waals surface area contributed by atoms with Crippen LogP contribution in [0.4, 0.5) is 23.1 Å². The van der Waals surface area contributed by atoms with Crippen molar-refractivity contribution in [3.8, 4) is 0 Å². The highest BCUT2D eigenvalue weighted by molar-refractivity contribution is 5.96. The quantitative estimate of drug-likeness (QED) is 0.561. The van der Waals surface area contributed by atoms with E-state index in [2.05, 4.69) is 47.2 Å². The lowest BCUT2D eigenvalue weighted by atomic mass is 10.2. The number of rotatable bonds is 7. The maximum Gasteiger partial charge on any atom is 0.340 e. The van der Waals surface area contributed by atoms with Crippen LogP contribution in [0.15, 0.2) is 54.6 Å². The summed E-state index contributed by atoms with van der Waals surface area (Å²) in [5, 5.41) is 3.19. The third kappa shape index (κ3) is 4.90. The lowest BCUT2D eigenvalue weighted by Gasteiger charge is -2.23. The van der Waals surface area contributed by atoms with Crippen LogP contribution in [0, 0.1) is 13.8 Å². The van der Waals surface area contributed by atoms with Crippen LogP contribution in [-0.4, -0.2) is 29.1 Å². The van der Waals surface area contributed by atoms with Crippen LogP contribution in [0.1, 0.15) is 35.5 Å². The Balaban J connectivity index is 1.95. The minimum atomic E-state index is -0.376. The van der Waals surface area contributed by atoms with Crippen LogP contribution >= 0.6 is 0 Å². The molecular formula is C23H26N4O2. The fourth-order valence-corrected chi connectivity index (χ4v) is 3.12. The lowest BCUT2D eigenvalue weighted by Crippen LogP contribution is -2.18. The molecule has 0 saturated heterocycles. The molecule has 3 rings (SSSR count). The van der Waals surface area contributed by atoms with E-state index in [4.69, 9.17) is 9.72 Å². The molecule has 1 aromatic heterocycles. The van der Waals surface area contributed by atoms with Crippen molar-refractivity contribution >= 4 is 29.1 Å². The number of benzene rings is 2.